The van der Waals surface area contributed by atoms with Gasteiger partial charge < -0.3 is 30.0 Å². The van der Waals surface area contributed by atoms with Crippen LogP contribution >= 0.6 is 34.5 Å². The normalized spacial score (nSPS) is 17.8. The van der Waals surface area contributed by atoms with Crippen LogP contribution in [-0.2, 0) is 19.3 Å². The number of halogens is 2. The lowest BCUT2D eigenvalue weighted by Gasteiger charge is -2.37. The number of thiazole rings is 1. The lowest BCUT2D eigenvalue weighted by Crippen LogP contribution is -2.55. The Labute approximate surface area is 234 Å². The number of aromatic amines is 1. The van der Waals surface area contributed by atoms with Gasteiger partial charge in [0.1, 0.15) is 20.4 Å². The second kappa shape index (κ2) is 12.6. The van der Waals surface area contributed by atoms with Crippen molar-refractivity contribution in [1.82, 2.24) is 20.6 Å². The van der Waals surface area contributed by atoms with Crippen molar-refractivity contribution in [2.45, 2.75) is 32.4 Å². The maximum absolute atomic E-state index is 12.8. The van der Waals surface area contributed by atoms with Crippen molar-refractivity contribution in [3.05, 3.63) is 32.0 Å². The Hall–Kier alpha value is -2.39. The van der Waals surface area contributed by atoms with E-state index in [4.69, 9.17) is 32.7 Å². The summed E-state index contributed by atoms with van der Waals surface area (Å²) in [6.07, 6.45) is 1.09. The molecule has 210 valence electrons. The first kappa shape index (κ1) is 30.2. The van der Waals surface area contributed by atoms with E-state index in [-0.39, 0.29) is 51.3 Å². The summed E-state index contributed by atoms with van der Waals surface area (Å²) in [5.41, 5.74) is 0.601. The number of sulfone groups is 1. The van der Waals surface area contributed by atoms with Gasteiger partial charge in [-0.2, -0.15) is 0 Å². The van der Waals surface area contributed by atoms with Crippen LogP contribution in [0.5, 0.6) is 0 Å². The minimum Gasteiger partial charge on any atom is -0.462 e. The van der Waals surface area contributed by atoms with Gasteiger partial charge in [-0.05, 0) is 20.3 Å². The molecule has 16 heteroatoms. The predicted molar refractivity (Wildman–Crippen MR) is 145 cm³/mol. The van der Waals surface area contributed by atoms with Crippen LogP contribution in [0.15, 0.2) is 0 Å². The van der Waals surface area contributed by atoms with E-state index < -0.39 is 33.7 Å². The molecule has 1 saturated heterocycles. The van der Waals surface area contributed by atoms with Gasteiger partial charge in [0.15, 0.2) is 10.8 Å². The number of nitrogens with one attached hydrogen (secondary N) is 3. The molecule has 2 amide bonds. The molecule has 1 aliphatic heterocycles. The number of hydrogen-bond donors (Lipinski definition) is 3. The predicted octanol–water partition coefficient (Wildman–Crippen LogP) is 2.06. The summed E-state index contributed by atoms with van der Waals surface area (Å²) < 4.78 is 33.5. The second-order valence-corrected chi connectivity index (χ2v) is 12.6. The van der Waals surface area contributed by atoms with Crippen LogP contribution in [0.25, 0.3) is 0 Å². The molecule has 3 N–H and O–H groups in total. The molecule has 1 fully saturated rings. The van der Waals surface area contributed by atoms with Crippen molar-refractivity contribution >= 4 is 67.3 Å². The van der Waals surface area contributed by atoms with E-state index in [0.29, 0.717) is 30.3 Å². The fourth-order valence-electron chi connectivity index (χ4n) is 3.83. The van der Waals surface area contributed by atoms with Gasteiger partial charge >= 0.3 is 5.97 Å². The van der Waals surface area contributed by atoms with Crippen LogP contribution < -0.4 is 15.5 Å². The van der Waals surface area contributed by atoms with Crippen molar-refractivity contribution in [3.63, 3.8) is 0 Å². The molecule has 38 heavy (non-hydrogen) atoms. The van der Waals surface area contributed by atoms with Crippen molar-refractivity contribution in [2.24, 2.45) is 0 Å². The molecular formula is C22H29Cl2N5O7S2. The number of hydrogen-bond acceptors (Lipinski definition) is 10. The average molecular weight is 611 g/mol. The number of piperidine rings is 1. The largest absolute Gasteiger partial charge is 0.462 e. The van der Waals surface area contributed by atoms with Gasteiger partial charge in [0, 0.05) is 38.7 Å². The number of methoxy groups -OCH3 is 1. The van der Waals surface area contributed by atoms with E-state index in [0.717, 1.165) is 17.6 Å². The molecule has 1 aliphatic rings. The first-order valence-electron chi connectivity index (χ1n) is 11.6. The van der Waals surface area contributed by atoms with Crippen molar-refractivity contribution in [2.75, 3.05) is 50.3 Å². The molecule has 0 bridgehead atoms. The van der Waals surface area contributed by atoms with Gasteiger partial charge in [-0.3, -0.25) is 9.59 Å². The van der Waals surface area contributed by atoms with Crippen LogP contribution in [0.4, 0.5) is 5.13 Å². The Kier molecular flexibility index (Phi) is 10.0. The number of anilines is 1. The molecule has 0 aromatic carbocycles. The molecule has 0 spiro atoms. The van der Waals surface area contributed by atoms with Crippen molar-refractivity contribution in [1.29, 1.82) is 0 Å². The van der Waals surface area contributed by atoms with E-state index >= 15 is 0 Å². The third-order valence-electron chi connectivity index (χ3n) is 5.78. The molecule has 0 aliphatic carbocycles. The molecule has 2 atom stereocenters. The molecule has 3 rings (SSSR count). The number of rotatable bonds is 10. The highest BCUT2D eigenvalue weighted by atomic mass is 35.5. The summed E-state index contributed by atoms with van der Waals surface area (Å²) in [7, 11) is -1.77. The number of carbonyl (C=O) groups excluding carboxylic acids is 3. The number of esters is 1. The maximum Gasteiger partial charge on any atom is 0.350 e. The zero-order valence-electron chi connectivity index (χ0n) is 21.2. The fraction of sp³-hybridized carbons (Fsp3) is 0.545. The number of carbonyl (C=O) groups is 3. The van der Waals surface area contributed by atoms with E-state index in [1.54, 1.807) is 13.8 Å². The van der Waals surface area contributed by atoms with Crippen LogP contribution in [0.3, 0.4) is 0 Å². The first-order valence-corrected chi connectivity index (χ1v) is 15.3. The Balaban J connectivity index is 1.76. The number of nitrogens with zero attached hydrogens (tertiary/aromatic N) is 2. The van der Waals surface area contributed by atoms with Gasteiger partial charge in [-0.25, -0.2) is 18.2 Å². The monoisotopic (exact) mass is 609 g/mol. The molecule has 2 aromatic rings. The number of aromatic nitrogens is 2. The molecule has 3 heterocycles. The lowest BCUT2D eigenvalue weighted by molar-refractivity contribution is 0.0527. The van der Waals surface area contributed by atoms with Crippen molar-refractivity contribution < 1.29 is 32.3 Å². The third-order valence-corrected chi connectivity index (χ3v) is 8.77. The van der Waals surface area contributed by atoms with Gasteiger partial charge in [-0.15, -0.1) is 0 Å². The minimum absolute atomic E-state index is 0.0109. The van der Waals surface area contributed by atoms with Gasteiger partial charge in [0.2, 0.25) is 0 Å². The van der Waals surface area contributed by atoms with E-state index in [1.807, 2.05) is 4.90 Å². The summed E-state index contributed by atoms with van der Waals surface area (Å²) in [4.78, 5) is 47.2. The van der Waals surface area contributed by atoms with E-state index in [1.165, 1.54) is 7.11 Å². The molecular weight excluding hydrogens is 581 g/mol. The van der Waals surface area contributed by atoms with E-state index in [2.05, 4.69) is 20.6 Å². The minimum atomic E-state index is -3.29. The molecule has 2 aromatic heterocycles. The van der Waals surface area contributed by atoms with Crippen molar-refractivity contribution in [3.8, 4) is 0 Å². The topological polar surface area (TPSA) is 160 Å². The fourth-order valence-corrected chi connectivity index (χ4v) is 5.71. The highest BCUT2D eigenvalue weighted by Gasteiger charge is 2.34. The summed E-state index contributed by atoms with van der Waals surface area (Å²) >= 11 is 13.3. The summed E-state index contributed by atoms with van der Waals surface area (Å²) in [6, 6.07) is -0.356. The Morgan fingerprint density at radius 1 is 1.24 bits per heavy atom. The summed E-state index contributed by atoms with van der Waals surface area (Å²) in [5, 5.41) is 6.23. The number of amides is 2. The summed E-state index contributed by atoms with van der Waals surface area (Å²) in [5.74, 6) is -2.05. The molecule has 0 saturated carbocycles. The highest BCUT2D eigenvalue weighted by Crippen LogP contribution is 2.31. The smallest absolute Gasteiger partial charge is 0.350 e. The lowest BCUT2D eigenvalue weighted by atomic mass is 10.0. The Bertz CT molecular complexity index is 1310. The SMILES string of the molecule is CCOC(=O)c1sc(N2CC[C@@H](NC(=O)c3[nH]c(C)c(Cl)c3Cl)[C@@H](OC)C2)nc1C(=O)NCCS(C)(=O)=O. The zero-order chi connectivity index (χ0) is 28.2. The molecule has 0 radical (unpaired) electrons. The van der Waals surface area contributed by atoms with Crippen LogP contribution in [-0.4, -0.2) is 93.7 Å². The number of H-pyrrole nitrogens is 1. The highest BCUT2D eigenvalue weighted by molar-refractivity contribution is 7.90. The number of aryl methyl sites for hydroxylation is 1. The van der Waals surface area contributed by atoms with Gasteiger partial charge in [0.25, 0.3) is 11.8 Å². The van der Waals surface area contributed by atoms with E-state index in [9.17, 15) is 22.8 Å². The van der Waals surface area contributed by atoms with Crippen LogP contribution in [0.2, 0.25) is 10.0 Å². The average Bonchev–Trinajstić information content (AvgIpc) is 3.41. The Morgan fingerprint density at radius 2 is 1.95 bits per heavy atom. The quantitative estimate of drug-likeness (QED) is 0.342. The Morgan fingerprint density at radius 3 is 2.53 bits per heavy atom. The van der Waals surface area contributed by atoms with Gasteiger partial charge in [0.05, 0.1) is 34.6 Å². The van der Waals surface area contributed by atoms with Gasteiger partial charge in [-0.1, -0.05) is 34.5 Å². The molecule has 12 nitrogen and oxygen atoms in total. The third kappa shape index (κ3) is 7.17. The number of ether oxygens (including phenoxy) is 2. The zero-order valence-corrected chi connectivity index (χ0v) is 24.4. The standard InChI is InChI=1S/C22H29Cl2N5O7S2/c1-5-36-21(32)18-17(19(30)25-7-9-38(4,33)34)28-22(37-18)29-8-6-12(13(10-29)35-3)27-20(31)16-15(24)14(23)11(2)26-16/h12-13,26H,5-10H2,1-4H3,(H,25,30)(H,27,31)/t12-,13+/m1/s1. The molecule has 0 unspecified atom stereocenters. The maximum atomic E-state index is 12.8. The van der Waals surface area contributed by atoms with Crippen LogP contribution in [0.1, 0.15) is 49.7 Å². The second-order valence-electron chi connectivity index (χ2n) is 8.62. The summed E-state index contributed by atoms with van der Waals surface area (Å²) in [6.45, 7) is 4.08. The van der Waals surface area contributed by atoms with Crippen LogP contribution in [0, 0.1) is 6.92 Å². The first-order chi connectivity index (χ1) is 17.9.